The van der Waals surface area contributed by atoms with Gasteiger partial charge < -0.3 is 20.3 Å². The number of esters is 1. The number of carbonyl (C=O) groups excluding carboxylic acids is 2. The largest absolute Gasteiger partial charge is 0.466 e. The lowest BCUT2D eigenvalue weighted by Crippen LogP contribution is -2.45. The van der Waals surface area contributed by atoms with Crippen molar-refractivity contribution < 1.29 is 24.5 Å². The van der Waals surface area contributed by atoms with Crippen LogP contribution in [0.4, 0.5) is 0 Å². The van der Waals surface area contributed by atoms with E-state index in [0.29, 0.717) is 25.9 Å². The highest BCUT2D eigenvalue weighted by molar-refractivity contribution is 5.76. The Bertz CT molecular complexity index is 1110. The van der Waals surface area contributed by atoms with Gasteiger partial charge in [0.25, 0.3) is 0 Å². The van der Waals surface area contributed by atoms with Gasteiger partial charge in [0.1, 0.15) is 0 Å². The van der Waals surface area contributed by atoms with Gasteiger partial charge in [-0.1, -0.05) is 308 Å². The van der Waals surface area contributed by atoms with Crippen LogP contribution in [0.15, 0.2) is 24.3 Å². The van der Waals surface area contributed by atoms with Gasteiger partial charge in [0.2, 0.25) is 5.91 Å². The maximum atomic E-state index is 12.5. The first kappa shape index (κ1) is 69.3. The number of unbranched alkanes of at least 4 members (excludes halogenated alkanes) is 45. The Morgan fingerprint density at radius 2 is 0.704 bits per heavy atom. The van der Waals surface area contributed by atoms with Gasteiger partial charge >= 0.3 is 5.97 Å². The molecule has 0 saturated heterocycles. The van der Waals surface area contributed by atoms with Gasteiger partial charge in [0, 0.05) is 12.8 Å². The molecule has 0 aromatic carbocycles. The van der Waals surface area contributed by atoms with Crippen molar-refractivity contribution in [3.8, 4) is 0 Å². The fourth-order valence-electron chi connectivity index (χ4n) is 10.1. The zero-order valence-corrected chi connectivity index (χ0v) is 48.0. The van der Waals surface area contributed by atoms with Crippen LogP contribution in [0.2, 0.25) is 0 Å². The molecule has 1 amide bonds. The molecule has 0 radical (unpaired) electrons. The van der Waals surface area contributed by atoms with Crippen LogP contribution < -0.4 is 5.32 Å². The zero-order chi connectivity index (χ0) is 51.4. The van der Waals surface area contributed by atoms with Crippen molar-refractivity contribution in [1.29, 1.82) is 0 Å². The molecular formula is C65H125NO5. The quantitative estimate of drug-likeness (QED) is 0.0320. The van der Waals surface area contributed by atoms with Gasteiger partial charge in [-0.15, -0.1) is 0 Å². The molecule has 0 aromatic rings. The molecule has 0 rings (SSSR count). The summed E-state index contributed by atoms with van der Waals surface area (Å²) in [6, 6.07) is -0.548. The molecule has 0 heterocycles. The molecule has 0 fully saturated rings. The Balaban J connectivity index is 3.42. The summed E-state index contributed by atoms with van der Waals surface area (Å²) in [7, 11) is 0. The minimum atomic E-state index is -0.670. The molecule has 0 saturated carbocycles. The SMILES string of the molecule is CCCCCC/C=C\C/C=C\CCCCCCCCCC(=O)OCCCCCCCCCCCCCCCCCCC(=O)NC(CO)C(O)CCCCCCCCCCCCCCCCCCCCCC. The molecule has 0 spiro atoms. The van der Waals surface area contributed by atoms with Crippen LogP contribution in [0, 0.1) is 0 Å². The molecular weight excluding hydrogens is 875 g/mol. The molecule has 0 aliphatic heterocycles. The number of hydrogen-bond acceptors (Lipinski definition) is 5. The van der Waals surface area contributed by atoms with E-state index in [9.17, 15) is 19.8 Å². The first-order valence-corrected chi connectivity index (χ1v) is 32.1. The van der Waals surface area contributed by atoms with E-state index in [0.717, 1.165) is 51.4 Å². The molecule has 2 atom stereocenters. The molecule has 0 aliphatic carbocycles. The predicted octanol–water partition coefficient (Wildman–Crippen LogP) is 20.2. The van der Waals surface area contributed by atoms with Crippen molar-refractivity contribution in [2.24, 2.45) is 0 Å². The van der Waals surface area contributed by atoms with Crippen LogP contribution in [0.25, 0.3) is 0 Å². The highest BCUT2D eigenvalue weighted by Gasteiger charge is 2.20. The van der Waals surface area contributed by atoms with Gasteiger partial charge in [0.15, 0.2) is 0 Å². The molecule has 0 aromatic heterocycles. The summed E-state index contributed by atoms with van der Waals surface area (Å²) >= 11 is 0. The molecule has 6 heteroatoms. The minimum Gasteiger partial charge on any atom is -0.466 e. The van der Waals surface area contributed by atoms with Crippen molar-refractivity contribution in [2.75, 3.05) is 13.2 Å². The second kappa shape index (κ2) is 60.9. The first-order valence-electron chi connectivity index (χ1n) is 32.1. The standard InChI is InChI=1S/C65H125NO5/c1-3-5-7-9-11-13-15-17-19-21-23-24-25-29-33-37-41-45-49-53-57-63(68)62(61-67)66-64(69)58-54-50-46-42-38-34-30-27-28-32-36-40-44-48-52-56-60-71-65(70)59-55-51-47-43-39-35-31-26-22-20-18-16-14-12-10-8-6-4-2/h14,16,20,22,62-63,67-68H,3-13,15,17-19,21,23-61H2,1-2H3,(H,66,69)/b16-14-,22-20-. The number of aliphatic hydroxyl groups is 2. The topological polar surface area (TPSA) is 95.9 Å². The van der Waals surface area contributed by atoms with E-state index in [-0.39, 0.29) is 18.5 Å². The van der Waals surface area contributed by atoms with Crippen molar-refractivity contribution in [3.05, 3.63) is 24.3 Å². The molecule has 71 heavy (non-hydrogen) atoms. The second-order valence-corrected chi connectivity index (χ2v) is 22.1. The smallest absolute Gasteiger partial charge is 0.305 e. The average Bonchev–Trinajstić information content (AvgIpc) is 3.37. The molecule has 3 N–H and O–H groups in total. The summed E-state index contributed by atoms with van der Waals surface area (Å²) in [6.45, 7) is 4.95. The van der Waals surface area contributed by atoms with E-state index in [1.165, 1.54) is 270 Å². The van der Waals surface area contributed by atoms with Crippen LogP contribution in [0.5, 0.6) is 0 Å². The van der Waals surface area contributed by atoms with E-state index in [1.54, 1.807) is 0 Å². The summed E-state index contributed by atoms with van der Waals surface area (Å²) in [6.07, 6.45) is 74.7. The number of hydrogen-bond donors (Lipinski definition) is 3. The summed E-state index contributed by atoms with van der Waals surface area (Å²) in [4.78, 5) is 24.6. The molecule has 2 unspecified atom stereocenters. The maximum absolute atomic E-state index is 12.5. The van der Waals surface area contributed by atoms with E-state index >= 15 is 0 Å². The first-order chi connectivity index (χ1) is 35.0. The van der Waals surface area contributed by atoms with Crippen LogP contribution >= 0.6 is 0 Å². The van der Waals surface area contributed by atoms with Gasteiger partial charge in [-0.25, -0.2) is 0 Å². The van der Waals surface area contributed by atoms with Gasteiger partial charge in [-0.05, 0) is 57.8 Å². The lowest BCUT2D eigenvalue weighted by Gasteiger charge is -2.22. The number of rotatable bonds is 60. The van der Waals surface area contributed by atoms with Crippen LogP contribution in [-0.2, 0) is 14.3 Å². The summed E-state index contributed by atoms with van der Waals surface area (Å²) < 4.78 is 5.49. The lowest BCUT2D eigenvalue weighted by molar-refractivity contribution is -0.143. The number of ether oxygens (including phenoxy) is 1. The highest BCUT2D eigenvalue weighted by Crippen LogP contribution is 2.18. The third-order valence-corrected chi connectivity index (χ3v) is 15.0. The number of carbonyl (C=O) groups is 2. The number of aliphatic hydroxyl groups excluding tert-OH is 2. The Labute approximate surface area is 443 Å². The molecule has 420 valence electrons. The number of allylic oxidation sites excluding steroid dienone is 4. The molecule has 0 bridgehead atoms. The zero-order valence-electron chi connectivity index (χ0n) is 48.0. The number of amides is 1. The monoisotopic (exact) mass is 1000 g/mol. The third-order valence-electron chi connectivity index (χ3n) is 15.0. The van der Waals surface area contributed by atoms with E-state index in [4.69, 9.17) is 4.74 Å². The summed E-state index contributed by atoms with van der Waals surface area (Å²) in [5.74, 6) is -0.0418. The fraction of sp³-hybridized carbons (Fsp3) is 0.908. The Kier molecular flexibility index (Phi) is 59.5. The fourth-order valence-corrected chi connectivity index (χ4v) is 10.1. The highest BCUT2D eigenvalue weighted by atomic mass is 16.5. The van der Waals surface area contributed by atoms with Crippen molar-refractivity contribution in [2.45, 2.75) is 366 Å². The predicted molar refractivity (Wildman–Crippen MR) is 310 cm³/mol. The molecule has 0 aliphatic rings. The minimum absolute atomic E-state index is 0.00321. The maximum Gasteiger partial charge on any atom is 0.305 e. The van der Waals surface area contributed by atoms with Crippen LogP contribution in [0.1, 0.15) is 354 Å². The van der Waals surface area contributed by atoms with Gasteiger partial charge in [-0.3, -0.25) is 9.59 Å². The Hall–Kier alpha value is -1.66. The van der Waals surface area contributed by atoms with Crippen LogP contribution in [0.3, 0.4) is 0 Å². The van der Waals surface area contributed by atoms with Crippen LogP contribution in [-0.4, -0.2) is 47.4 Å². The van der Waals surface area contributed by atoms with E-state index in [2.05, 4.69) is 43.5 Å². The van der Waals surface area contributed by atoms with Crippen molar-refractivity contribution >= 4 is 11.9 Å². The second-order valence-electron chi connectivity index (χ2n) is 22.1. The Morgan fingerprint density at radius 1 is 0.394 bits per heavy atom. The lowest BCUT2D eigenvalue weighted by atomic mass is 10.0. The average molecular weight is 1000 g/mol. The number of nitrogens with one attached hydrogen (secondary N) is 1. The third kappa shape index (κ3) is 57.5. The van der Waals surface area contributed by atoms with Crippen molar-refractivity contribution in [1.82, 2.24) is 5.32 Å². The van der Waals surface area contributed by atoms with E-state index in [1.807, 2.05) is 0 Å². The van der Waals surface area contributed by atoms with Crippen molar-refractivity contribution in [3.63, 3.8) is 0 Å². The normalized spacial score (nSPS) is 12.7. The molecule has 6 nitrogen and oxygen atoms in total. The Morgan fingerprint density at radius 3 is 1.08 bits per heavy atom. The van der Waals surface area contributed by atoms with Gasteiger partial charge in [0.05, 0.1) is 25.4 Å². The van der Waals surface area contributed by atoms with Gasteiger partial charge in [-0.2, -0.15) is 0 Å². The summed E-state index contributed by atoms with van der Waals surface area (Å²) in [5, 5.41) is 23.4. The van der Waals surface area contributed by atoms with E-state index < -0.39 is 12.1 Å². The summed E-state index contributed by atoms with van der Waals surface area (Å²) in [5.41, 5.74) is 0.